The van der Waals surface area contributed by atoms with Crippen LogP contribution in [0.15, 0.2) is 63.7 Å². The molecule has 0 bridgehead atoms. The van der Waals surface area contributed by atoms with Gasteiger partial charge in [-0.3, -0.25) is 14.3 Å². The summed E-state index contributed by atoms with van der Waals surface area (Å²) in [6.45, 7) is 8.59. The number of nitrogens with one attached hydrogen (secondary N) is 1. The first-order valence-corrected chi connectivity index (χ1v) is 13.8. The molecule has 38 heavy (non-hydrogen) atoms. The van der Waals surface area contributed by atoms with Crippen LogP contribution in [0.4, 0.5) is 11.4 Å². The highest BCUT2D eigenvalue weighted by Crippen LogP contribution is 2.34. The van der Waals surface area contributed by atoms with Gasteiger partial charge in [0.1, 0.15) is 5.75 Å². The highest BCUT2D eigenvalue weighted by atomic mass is 32.1. The Bertz CT molecular complexity index is 1610. The van der Waals surface area contributed by atoms with Gasteiger partial charge in [0.05, 0.1) is 22.8 Å². The first-order chi connectivity index (χ1) is 18.2. The van der Waals surface area contributed by atoms with E-state index in [9.17, 15) is 9.59 Å². The van der Waals surface area contributed by atoms with E-state index >= 15 is 0 Å². The number of hydrogen-bond donors (Lipinski definition) is 1. The number of thiazole rings is 1. The Morgan fingerprint density at radius 2 is 1.84 bits per heavy atom. The number of carbonyl (C=O) groups is 1. The number of benzene rings is 2. The number of rotatable bonds is 7. The summed E-state index contributed by atoms with van der Waals surface area (Å²) >= 11 is 1.51. The minimum Gasteiger partial charge on any atom is -0.482 e. The maximum absolute atomic E-state index is 13.6. The van der Waals surface area contributed by atoms with Gasteiger partial charge in [0.15, 0.2) is 17.1 Å². The lowest BCUT2D eigenvalue weighted by atomic mass is 10.0. The second kappa shape index (κ2) is 10.5. The maximum Gasteiger partial charge on any atom is 0.297 e. The van der Waals surface area contributed by atoms with E-state index in [2.05, 4.69) is 36.0 Å². The van der Waals surface area contributed by atoms with Crippen LogP contribution in [0.1, 0.15) is 45.3 Å². The van der Waals surface area contributed by atoms with Crippen molar-refractivity contribution in [2.75, 3.05) is 11.9 Å². The highest BCUT2D eigenvalue weighted by Gasteiger charge is 2.21. The molecule has 1 aliphatic rings. The number of amides is 1. The number of anilines is 1. The van der Waals surface area contributed by atoms with Gasteiger partial charge < -0.3 is 14.6 Å². The standard InChI is InChI=1S/C29H33N5O3S/c1-18(2)11-12-19(3)33-24(21-13-14-25-23(15-21)30-26(35)16-37-25)17-38-29(33)31-27-20(4)32(5)34(28(27)36)22-9-7-6-8-10-22/h6-10,13-15,17-19H,11-12,16H2,1-5H3,(H,30,35). The molecule has 3 heterocycles. The van der Waals surface area contributed by atoms with Gasteiger partial charge in [-0.1, -0.05) is 32.0 Å². The molecule has 0 saturated carbocycles. The van der Waals surface area contributed by atoms with Crippen molar-refractivity contribution in [2.45, 2.75) is 46.6 Å². The summed E-state index contributed by atoms with van der Waals surface area (Å²) in [5.74, 6) is 1.07. The first-order valence-electron chi connectivity index (χ1n) is 12.9. The molecule has 1 amide bonds. The zero-order valence-electron chi connectivity index (χ0n) is 22.4. The number of hydrogen-bond acceptors (Lipinski definition) is 5. The Morgan fingerprint density at radius 3 is 2.58 bits per heavy atom. The van der Waals surface area contributed by atoms with Gasteiger partial charge in [0.25, 0.3) is 11.5 Å². The van der Waals surface area contributed by atoms with Gasteiger partial charge in [-0.2, -0.15) is 0 Å². The van der Waals surface area contributed by atoms with Crippen LogP contribution in [0, 0.1) is 12.8 Å². The largest absolute Gasteiger partial charge is 0.482 e. The van der Waals surface area contributed by atoms with Crippen LogP contribution in [0.25, 0.3) is 16.9 Å². The summed E-state index contributed by atoms with van der Waals surface area (Å²) < 4.78 is 11.3. The third-order valence-corrected chi connectivity index (χ3v) is 7.82. The molecule has 0 saturated heterocycles. The molecule has 0 spiro atoms. The summed E-state index contributed by atoms with van der Waals surface area (Å²) in [5.41, 5.74) is 4.48. The van der Waals surface area contributed by atoms with Crippen molar-refractivity contribution in [2.24, 2.45) is 18.0 Å². The smallest absolute Gasteiger partial charge is 0.297 e. The molecule has 2 aromatic heterocycles. The van der Waals surface area contributed by atoms with Gasteiger partial charge in [0, 0.05) is 24.0 Å². The molecule has 1 atom stereocenters. The number of aromatic nitrogens is 3. The summed E-state index contributed by atoms with van der Waals surface area (Å²) in [6.07, 6.45) is 2.05. The lowest BCUT2D eigenvalue weighted by molar-refractivity contribution is -0.118. The molecule has 0 fully saturated rings. The summed E-state index contributed by atoms with van der Waals surface area (Å²) in [7, 11) is 1.88. The third kappa shape index (κ3) is 4.86. The van der Waals surface area contributed by atoms with Gasteiger partial charge in [0.2, 0.25) is 0 Å². The summed E-state index contributed by atoms with van der Waals surface area (Å²) in [6, 6.07) is 15.6. The Balaban J connectivity index is 1.66. The Morgan fingerprint density at radius 1 is 1.08 bits per heavy atom. The summed E-state index contributed by atoms with van der Waals surface area (Å²) in [5, 5.41) is 4.98. The van der Waals surface area contributed by atoms with Crippen molar-refractivity contribution in [3.63, 3.8) is 0 Å². The maximum atomic E-state index is 13.6. The summed E-state index contributed by atoms with van der Waals surface area (Å²) in [4.78, 5) is 31.2. The van der Waals surface area contributed by atoms with E-state index in [0.717, 1.165) is 40.3 Å². The van der Waals surface area contributed by atoms with Crippen molar-refractivity contribution in [3.8, 4) is 22.7 Å². The molecule has 5 rings (SSSR count). The quantitative estimate of drug-likeness (QED) is 0.338. The molecular formula is C29H33N5O3S. The van der Waals surface area contributed by atoms with E-state index < -0.39 is 0 Å². The number of nitrogens with zero attached hydrogens (tertiary/aromatic N) is 4. The molecule has 2 aromatic carbocycles. The number of ether oxygens (including phenoxy) is 1. The highest BCUT2D eigenvalue weighted by molar-refractivity contribution is 7.07. The van der Waals surface area contributed by atoms with Crippen LogP contribution < -0.4 is 20.4 Å². The molecule has 1 N–H and O–H groups in total. The van der Waals surface area contributed by atoms with Gasteiger partial charge >= 0.3 is 0 Å². The molecule has 0 aliphatic carbocycles. The normalized spacial score (nSPS) is 14.4. The zero-order chi connectivity index (χ0) is 27.0. The lowest BCUT2D eigenvalue weighted by Gasteiger charge is -2.21. The molecule has 198 valence electrons. The zero-order valence-corrected chi connectivity index (χ0v) is 23.2. The van der Waals surface area contributed by atoms with Crippen molar-refractivity contribution < 1.29 is 9.53 Å². The fourth-order valence-electron chi connectivity index (χ4n) is 4.76. The van der Waals surface area contributed by atoms with Crippen LogP contribution >= 0.6 is 11.3 Å². The van der Waals surface area contributed by atoms with Crippen molar-refractivity contribution in [1.29, 1.82) is 0 Å². The second-order valence-corrected chi connectivity index (χ2v) is 11.0. The van der Waals surface area contributed by atoms with Gasteiger partial charge in [-0.05, 0) is 62.9 Å². The van der Waals surface area contributed by atoms with Crippen molar-refractivity contribution in [1.82, 2.24) is 13.9 Å². The van der Waals surface area contributed by atoms with Gasteiger partial charge in [-0.25, -0.2) is 9.67 Å². The average molecular weight is 532 g/mol. The monoisotopic (exact) mass is 531 g/mol. The fourth-order valence-corrected chi connectivity index (χ4v) is 5.77. The first kappa shape index (κ1) is 25.8. The Labute approximate surface area is 225 Å². The van der Waals surface area contributed by atoms with E-state index in [1.165, 1.54) is 11.3 Å². The van der Waals surface area contributed by atoms with Crippen LogP contribution in [-0.4, -0.2) is 26.4 Å². The molecule has 1 unspecified atom stereocenters. The van der Waals surface area contributed by atoms with E-state index in [1.807, 2.05) is 67.2 Å². The second-order valence-electron chi connectivity index (χ2n) is 10.2. The third-order valence-electron chi connectivity index (χ3n) is 6.98. The molecule has 4 aromatic rings. The fraction of sp³-hybridized carbons (Fsp3) is 0.345. The van der Waals surface area contributed by atoms with Crippen LogP contribution in [-0.2, 0) is 11.8 Å². The predicted octanol–water partition coefficient (Wildman–Crippen LogP) is 5.57. The van der Waals surface area contributed by atoms with Crippen LogP contribution in [0.5, 0.6) is 5.75 Å². The van der Waals surface area contributed by atoms with E-state index in [0.29, 0.717) is 23.0 Å². The SMILES string of the molecule is Cc1c(N=c2scc(-c3ccc4c(c3)NC(=O)CO4)n2C(C)CCC(C)C)c(=O)n(-c2ccccc2)n1C. The van der Waals surface area contributed by atoms with Crippen molar-refractivity contribution >= 4 is 28.6 Å². The van der Waals surface area contributed by atoms with E-state index in [1.54, 1.807) is 4.68 Å². The van der Waals surface area contributed by atoms with Gasteiger partial charge in [-0.15, -0.1) is 11.3 Å². The molecular weight excluding hydrogens is 498 g/mol. The van der Waals surface area contributed by atoms with Crippen LogP contribution in [0.2, 0.25) is 0 Å². The Hall–Kier alpha value is -3.85. The Kier molecular flexibility index (Phi) is 7.12. The number of para-hydroxylation sites is 1. The molecule has 8 nitrogen and oxygen atoms in total. The topological polar surface area (TPSA) is 82.6 Å². The number of fused-ring (bicyclic) bond motifs is 1. The average Bonchev–Trinajstić information content (AvgIpc) is 3.42. The number of carbonyl (C=O) groups excluding carboxylic acids is 1. The molecule has 9 heteroatoms. The molecule has 1 aliphatic heterocycles. The minimum absolute atomic E-state index is 0.0248. The lowest BCUT2D eigenvalue weighted by Crippen LogP contribution is -2.25. The van der Waals surface area contributed by atoms with E-state index in [4.69, 9.17) is 9.73 Å². The van der Waals surface area contributed by atoms with Crippen LogP contribution in [0.3, 0.4) is 0 Å². The van der Waals surface area contributed by atoms with Crippen molar-refractivity contribution in [3.05, 3.63) is 74.8 Å². The molecule has 0 radical (unpaired) electrons. The van der Waals surface area contributed by atoms with E-state index in [-0.39, 0.29) is 24.1 Å². The minimum atomic E-state index is -0.164. The predicted molar refractivity (Wildman–Crippen MR) is 152 cm³/mol.